The normalized spacial score (nSPS) is 22.4. The molecular formula is C13H26N2O. The summed E-state index contributed by atoms with van der Waals surface area (Å²) in [6.45, 7) is 7.57. The number of rotatable bonds is 6. The van der Waals surface area contributed by atoms with Crippen LogP contribution in [0.5, 0.6) is 0 Å². The molecule has 1 saturated heterocycles. The van der Waals surface area contributed by atoms with Gasteiger partial charge in [0.2, 0.25) is 5.91 Å². The van der Waals surface area contributed by atoms with Crippen LogP contribution < -0.4 is 10.6 Å². The Morgan fingerprint density at radius 2 is 2.12 bits per heavy atom. The first-order valence-electron chi connectivity index (χ1n) is 6.63. The molecule has 3 nitrogen and oxygen atoms in total. The van der Waals surface area contributed by atoms with E-state index in [1.165, 1.54) is 12.8 Å². The van der Waals surface area contributed by atoms with E-state index < -0.39 is 0 Å². The fourth-order valence-corrected chi connectivity index (χ4v) is 2.16. The molecule has 1 heterocycles. The average molecular weight is 226 g/mol. The third-order valence-electron chi connectivity index (χ3n) is 3.18. The Kier molecular flexibility index (Phi) is 5.81. The zero-order valence-corrected chi connectivity index (χ0v) is 10.9. The Bertz CT molecular complexity index is 210. The van der Waals surface area contributed by atoms with Crippen LogP contribution in [0.25, 0.3) is 0 Å². The van der Waals surface area contributed by atoms with Gasteiger partial charge in [-0.1, -0.05) is 26.7 Å². The Labute approximate surface area is 99.4 Å². The van der Waals surface area contributed by atoms with Crippen molar-refractivity contribution < 1.29 is 4.79 Å². The average Bonchev–Trinajstić information content (AvgIpc) is 2.69. The summed E-state index contributed by atoms with van der Waals surface area (Å²) in [5.41, 5.74) is 0. The van der Waals surface area contributed by atoms with Gasteiger partial charge in [-0.25, -0.2) is 0 Å². The van der Waals surface area contributed by atoms with Crippen LogP contribution in [0, 0.1) is 5.92 Å². The first-order valence-corrected chi connectivity index (χ1v) is 6.63. The Morgan fingerprint density at radius 1 is 1.38 bits per heavy atom. The van der Waals surface area contributed by atoms with Gasteiger partial charge < -0.3 is 10.6 Å². The maximum absolute atomic E-state index is 11.8. The molecule has 1 unspecified atom stereocenters. The topological polar surface area (TPSA) is 41.1 Å². The molecule has 0 aromatic rings. The third-order valence-corrected chi connectivity index (χ3v) is 3.18. The number of hydrogen-bond donors (Lipinski definition) is 2. The summed E-state index contributed by atoms with van der Waals surface area (Å²) in [5.74, 6) is 0.953. The van der Waals surface area contributed by atoms with E-state index in [1.54, 1.807) is 0 Å². The molecule has 16 heavy (non-hydrogen) atoms. The summed E-state index contributed by atoms with van der Waals surface area (Å²) < 4.78 is 0. The Hall–Kier alpha value is -0.570. The molecule has 1 aliphatic rings. The van der Waals surface area contributed by atoms with Crippen LogP contribution >= 0.6 is 0 Å². The van der Waals surface area contributed by atoms with E-state index in [2.05, 4.69) is 31.4 Å². The molecule has 0 aromatic carbocycles. The standard InChI is InChI=1S/C13H26N2O/c1-10(2)6-4-7-11(3)15-13(16)12-8-5-9-14-12/h10-12,14H,4-9H2,1-3H3,(H,15,16)/t11?,12-/m1/s1. The van der Waals surface area contributed by atoms with Crippen LogP contribution in [0.15, 0.2) is 0 Å². The van der Waals surface area contributed by atoms with Gasteiger partial charge in [0.15, 0.2) is 0 Å². The van der Waals surface area contributed by atoms with E-state index in [0.29, 0.717) is 6.04 Å². The summed E-state index contributed by atoms with van der Waals surface area (Å²) in [6, 6.07) is 0.376. The van der Waals surface area contributed by atoms with E-state index in [-0.39, 0.29) is 11.9 Å². The molecule has 94 valence electrons. The highest BCUT2D eigenvalue weighted by atomic mass is 16.2. The second-order valence-electron chi connectivity index (χ2n) is 5.38. The molecule has 1 fully saturated rings. The molecule has 2 atom stereocenters. The first-order chi connectivity index (χ1) is 7.59. The van der Waals surface area contributed by atoms with Crippen molar-refractivity contribution in [3.8, 4) is 0 Å². The van der Waals surface area contributed by atoms with Gasteiger partial charge in [0.1, 0.15) is 0 Å². The lowest BCUT2D eigenvalue weighted by atomic mass is 10.0. The summed E-state index contributed by atoms with van der Waals surface area (Å²) in [4.78, 5) is 11.8. The van der Waals surface area contributed by atoms with Crippen LogP contribution in [0.1, 0.15) is 52.9 Å². The van der Waals surface area contributed by atoms with E-state index >= 15 is 0 Å². The predicted molar refractivity (Wildman–Crippen MR) is 67.3 cm³/mol. The highest BCUT2D eigenvalue weighted by Gasteiger charge is 2.22. The largest absolute Gasteiger partial charge is 0.352 e. The summed E-state index contributed by atoms with van der Waals surface area (Å²) in [5, 5.41) is 6.32. The minimum Gasteiger partial charge on any atom is -0.352 e. The minimum atomic E-state index is 0.0625. The van der Waals surface area contributed by atoms with Gasteiger partial charge in [-0.15, -0.1) is 0 Å². The maximum atomic E-state index is 11.8. The van der Waals surface area contributed by atoms with Gasteiger partial charge in [-0.05, 0) is 38.6 Å². The zero-order chi connectivity index (χ0) is 12.0. The van der Waals surface area contributed by atoms with Gasteiger partial charge in [0.05, 0.1) is 6.04 Å². The predicted octanol–water partition coefficient (Wildman–Crippen LogP) is 2.07. The van der Waals surface area contributed by atoms with Crippen LogP contribution in [0.2, 0.25) is 0 Å². The Morgan fingerprint density at radius 3 is 2.69 bits per heavy atom. The fraction of sp³-hybridized carbons (Fsp3) is 0.923. The number of carbonyl (C=O) groups excluding carboxylic acids is 1. The second kappa shape index (κ2) is 6.89. The van der Waals surface area contributed by atoms with Crippen molar-refractivity contribution in [2.75, 3.05) is 6.54 Å². The van der Waals surface area contributed by atoms with E-state index in [4.69, 9.17) is 0 Å². The third kappa shape index (κ3) is 4.97. The van der Waals surface area contributed by atoms with Crippen molar-refractivity contribution in [1.82, 2.24) is 10.6 Å². The van der Waals surface area contributed by atoms with Crippen LogP contribution in [-0.4, -0.2) is 24.5 Å². The molecular weight excluding hydrogens is 200 g/mol. The highest BCUT2D eigenvalue weighted by molar-refractivity contribution is 5.82. The Balaban J connectivity index is 2.12. The zero-order valence-electron chi connectivity index (χ0n) is 10.9. The quantitative estimate of drug-likeness (QED) is 0.728. The molecule has 0 aliphatic carbocycles. The second-order valence-corrected chi connectivity index (χ2v) is 5.38. The molecule has 0 radical (unpaired) electrons. The first kappa shape index (κ1) is 13.5. The fourth-order valence-electron chi connectivity index (χ4n) is 2.16. The van der Waals surface area contributed by atoms with Gasteiger partial charge >= 0.3 is 0 Å². The number of carbonyl (C=O) groups is 1. The van der Waals surface area contributed by atoms with Crippen LogP contribution in [0.3, 0.4) is 0 Å². The van der Waals surface area contributed by atoms with Gasteiger partial charge in [0, 0.05) is 6.04 Å². The SMILES string of the molecule is CC(C)CCCC(C)NC(=O)[C@H]1CCCN1. The van der Waals surface area contributed by atoms with E-state index in [0.717, 1.165) is 31.7 Å². The summed E-state index contributed by atoms with van der Waals surface area (Å²) >= 11 is 0. The van der Waals surface area contributed by atoms with Crippen LogP contribution in [0.4, 0.5) is 0 Å². The van der Waals surface area contributed by atoms with Crippen molar-refractivity contribution in [3.05, 3.63) is 0 Å². The van der Waals surface area contributed by atoms with Gasteiger partial charge in [-0.3, -0.25) is 4.79 Å². The van der Waals surface area contributed by atoms with Crippen molar-refractivity contribution in [3.63, 3.8) is 0 Å². The van der Waals surface area contributed by atoms with Crippen molar-refractivity contribution in [2.24, 2.45) is 5.92 Å². The molecule has 0 spiro atoms. The number of hydrogen-bond acceptors (Lipinski definition) is 2. The lowest BCUT2D eigenvalue weighted by Crippen LogP contribution is -2.44. The molecule has 2 N–H and O–H groups in total. The maximum Gasteiger partial charge on any atom is 0.237 e. The van der Waals surface area contributed by atoms with Gasteiger partial charge in [0.25, 0.3) is 0 Å². The van der Waals surface area contributed by atoms with E-state index in [9.17, 15) is 4.79 Å². The van der Waals surface area contributed by atoms with E-state index in [1.807, 2.05) is 0 Å². The molecule has 0 saturated carbocycles. The molecule has 1 rings (SSSR count). The number of nitrogens with one attached hydrogen (secondary N) is 2. The van der Waals surface area contributed by atoms with Gasteiger partial charge in [-0.2, -0.15) is 0 Å². The highest BCUT2D eigenvalue weighted by Crippen LogP contribution is 2.09. The minimum absolute atomic E-state index is 0.0625. The molecule has 0 bridgehead atoms. The molecule has 3 heteroatoms. The van der Waals surface area contributed by atoms with Crippen molar-refractivity contribution in [2.45, 2.75) is 65.0 Å². The summed E-state index contributed by atoms with van der Waals surface area (Å²) in [7, 11) is 0. The monoisotopic (exact) mass is 226 g/mol. The summed E-state index contributed by atoms with van der Waals surface area (Å²) in [6.07, 6.45) is 5.67. The lowest BCUT2D eigenvalue weighted by Gasteiger charge is -2.17. The number of amides is 1. The van der Waals surface area contributed by atoms with Crippen molar-refractivity contribution >= 4 is 5.91 Å². The van der Waals surface area contributed by atoms with Crippen LogP contribution in [-0.2, 0) is 4.79 Å². The van der Waals surface area contributed by atoms with Crippen molar-refractivity contribution in [1.29, 1.82) is 0 Å². The lowest BCUT2D eigenvalue weighted by molar-refractivity contribution is -0.123. The smallest absolute Gasteiger partial charge is 0.237 e. The molecule has 1 aliphatic heterocycles. The molecule has 0 aromatic heterocycles. The molecule has 1 amide bonds.